The maximum atomic E-state index is 11.6. The summed E-state index contributed by atoms with van der Waals surface area (Å²) in [5, 5.41) is 10.2. The fourth-order valence-corrected chi connectivity index (χ4v) is 2.89. The Kier molecular flexibility index (Phi) is 5.45. The van der Waals surface area contributed by atoms with E-state index in [1.165, 1.54) is 12.0 Å². The molecule has 0 saturated heterocycles. The number of nitrogens with zero attached hydrogens (tertiary/aromatic N) is 1. The number of carbonyl (C=O) groups is 1. The lowest BCUT2D eigenvalue weighted by molar-refractivity contribution is -0.125. The van der Waals surface area contributed by atoms with E-state index in [0.29, 0.717) is 11.4 Å². The summed E-state index contributed by atoms with van der Waals surface area (Å²) in [6.45, 7) is 1.97. The first-order chi connectivity index (χ1) is 10.1. The van der Waals surface area contributed by atoms with Crippen LogP contribution in [0.3, 0.4) is 0 Å². The highest BCUT2D eigenvalue weighted by molar-refractivity contribution is 6.31. The van der Waals surface area contributed by atoms with E-state index in [2.05, 4.69) is 0 Å². The zero-order chi connectivity index (χ0) is 15.4. The highest BCUT2D eigenvalue weighted by atomic mass is 35.5. The van der Waals surface area contributed by atoms with Gasteiger partial charge in [-0.15, -0.1) is 0 Å². The van der Waals surface area contributed by atoms with Crippen LogP contribution >= 0.6 is 11.6 Å². The first kappa shape index (κ1) is 16.1. The van der Waals surface area contributed by atoms with Gasteiger partial charge in [0.15, 0.2) is 0 Å². The fraction of sp³-hybridized carbons (Fsp3) is 0.533. The fourth-order valence-electron chi connectivity index (χ4n) is 2.62. The molecule has 1 N–H and O–H groups in total. The number of amides is 1. The van der Waals surface area contributed by atoms with Gasteiger partial charge in [0.05, 0.1) is 0 Å². The Bertz CT molecular complexity index is 496. The molecule has 2 rings (SSSR count). The minimum Gasteiger partial charge on any atom is -0.465 e. The van der Waals surface area contributed by atoms with Gasteiger partial charge in [0.1, 0.15) is 13.0 Å². The van der Waals surface area contributed by atoms with Gasteiger partial charge in [0, 0.05) is 24.1 Å². The van der Waals surface area contributed by atoms with Gasteiger partial charge in [0.2, 0.25) is 0 Å². The second-order valence-electron chi connectivity index (χ2n) is 5.06. The Balaban J connectivity index is 2.11. The Morgan fingerprint density at radius 1 is 1.52 bits per heavy atom. The quantitative estimate of drug-likeness (QED) is 0.782. The second-order valence-corrected chi connectivity index (χ2v) is 5.46. The van der Waals surface area contributed by atoms with Crippen molar-refractivity contribution in [3.05, 3.63) is 34.9 Å². The standard InChI is InChI=1S/C15H20ClNO4/c1-3-14(21-9-20-2)17(15(18)19)13-8-11(13)10-6-4-5-7-12(10)16/h4-7,11,13-14H,3,8-9H2,1-2H3,(H,18,19)/t11-,13-,14?/m1/s1. The van der Waals surface area contributed by atoms with Crippen LogP contribution < -0.4 is 0 Å². The van der Waals surface area contributed by atoms with E-state index < -0.39 is 12.3 Å². The van der Waals surface area contributed by atoms with Crippen molar-refractivity contribution in [3.8, 4) is 0 Å². The lowest BCUT2D eigenvalue weighted by atomic mass is 10.1. The summed E-state index contributed by atoms with van der Waals surface area (Å²) in [4.78, 5) is 13.0. The zero-order valence-electron chi connectivity index (χ0n) is 12.2. The first-order valence-electron chi connectivity index (χ1n) is 6.96. The highest BCUT2D eigenvalue weighted by Crippen LogP contribution is 2.47. The molecular weight excluding hydrogens is 294 g/mol. The molecule has 1 aliphatic rings. The number of halogens is 1. The van der Waals surface area contributed by atoms with Crippen LogP contribution in [0.1, 0.15) is 31.2 Å². The summed E-state index contributed by atoms with van der Waals surface area (Å²) in [6.07, 6.45) is -0.137. The molecule has 5 nitrogen and oxygen atoms in total. The normalized spacial score (nSPS) is 21.9. The summed E-state index contributed by atoms with van der Waals surface area (Å²) in [5.41, 5.74) is 0.997. The Morgan fingerprint density at radius 2 is 2.24 bits per heavy atom. The van der Waals surface area contributed by atoms with Crippen LogP contribution in [0.25, 0.3) is 0 Å². The Hall–Kier alpha value is -1.30. The number of benzene rings is 1. The van der Waals surface area contributed by atoms with E-state index in [1.807, 2.05) is 31.2 Å². The zero-order valence-corrected chi connectivity index (χ0v) is 12.9. The third-order valence-electron chi connectivity index (χ3n) is 3.68. The van der Waals surface area contributed by atoms with Gasteiger partial charge in [-0.3, -0.25) is 4.90 Å². The molecule has 1 fully saturated rings. The number of carboxylic acid groups (broad SMARTS) is 1. The van der Waals surface area contributed by atoms with Crippen molar-refractivity contribution in [1.82, 2.24) is 4.90 Å². The minimum atomic E-state index is -0.975. The monoisotopic (exact) mass is 313 g/mol. The molecule has 0 aromatic heterocycles. The Labute approximate surface area is 129 Å². The molecule has 1 aromatic carbocycles. The third kappa shape index (κ3) is 3.67. The van der Waals surface area contributed by atoms with Gasteiger partial charge in [-0.25, -0.2) is 4.79 Å². The molecule has 116 valence electrons. The van der Waals surface area contributed by atoms with E-state index in [0.717, 1.165) is 12.0 Å². The van der Waals surface area contributed by atoms with Gasteiger partial charge in [-0.2, -0.15) is 0 Å². The van der Waals surface area contributed by atoms with Gasteiger partial charge in [0.25, 0.3) is 0 Å². The van der Waals surface area contributed by atoms with Crippen LogP contribution in [-0.2, 0) is 9.47 Å². The molecule has 1 aromatic rings. The number of ether oxygens (including phenoxy) is 2. The van der Waals surface area contributed by atoms with E-state index in [4.69, 9.17) is 21.1 Å². The maximum Gasteiger partial charge on any atom is 0.409 e. The van der Waals surface area contributed by atoms with Crippen molar-refractivity contribution in [2.45, 2.75) is 38.0 Å². The molecule has 0 heterocycles. The van der Waals surface area contributed by atoms with E-state index in [9.17, 15) is 9.90 Å². The van der Waals surface area contributed by atoms with Gasteiger partial charge >= 0.3 is 6.09 Å². The van der Waals surface area contributed by atoms with Gasteiger partial charge in [-0.1, -0.05) is 36.7 Å². The van der Waals surface area contributed by atoms with Gasteiger partial charge in [-0.05, 0) is 24.5 Å². The molecule has 6 heteroatoms. The summed E-state index contributed by atoms with van der Waals surface area (Å²) in [5.74, 6) is 0.134. The predicted octanol–water partition coefficient (Wildman–Crippen LogP) is 3.53. The van der Waals surface area contributed by atoms with Crippen LogP contribution in [0.2, 0.25) is 5.02 Å². The summed E-state index contributed by atoms with van der Waals surface area (Å²) in [6, 6.07) is 7.47. The van der Waals surface area contributed by atoms with Crippen molar-refractivity contribution in [3.63, 3.8) is 0 Å². The lowest BCUT2D eigenvalue weighted by Gasteiger charge is -2.28. The maximum absolute atomic E-state index is 11.6. The molecule has 1 unspecified atom stereocenters. The van der Waals surface area contributed by atoms with Crippen molar-refractivity contribution in [2.75, 3.05) is 13.9 Å². The third-order valence-corrected chi connectivity index (χ3v) is 4.02. The summed E-state index contributed by atoms with van der Waals surface area (Å²) < 4.78 is 10.3. The topological polar surface area (TPSA) is 59.0 Å². The molecule has 3 atom stereocenters. The minimum absolute atomic E-state index is 0.0752. The van der Waals surface area contributed by atoms with Crippen molar-refractivity contribution < 1.29 is 19.4 Å². The largest absolute Gasteiger partial charge is 0.465 e. The predicted molar refractivity (Wildman–Crippen MR) is 79.5 cm³/mol. The molecule has 1 saturated carbocycles. The molecule has 0 spiro atoms. The average molecular weight is 314 g/mol. The van der Waals surface area contributed by atoms with Crippen molar-refractivity contribution in [2.24, 2.45) is 0 Å². The average Bonchev–Trinajstić information content (AvgIpc) is 3.23. The lowest BCUT2D eigenvalue weighted by Crippen LogP contribution is -2.43. The van der Waals surface area contributed by atoms with E-state index in [1.54, 1.807) is 0 Å². The summed E-state index contributed by atoms with van der Waals surface area (Å²) in [7, 11) is 1.52. The number of rotatable bonds is 7. The van der Waals surface area contributed by atoms with Gasteiger partial charge < -0.3 is 14.6 Å². The van der Waals surface area contributed by atoms with E-state index in [-0.39, 0.29) is 18.8 Å². The van der Waals surface area contributed by atoms with Crippen molar-refractivity contribution in [1.29, 1.82) is 0 Å². The number of hydrogen-bond donors (Lipinski definition) is 1. The molecular formula is C15H20ClNO4. The molecule has 0 radical (unpaired) electrons. The molecule has 1 aliphatic carbocycles. The van der Waals surface area contributed by atoms with Crippen LogP contribution in [0, 0.1) is 0 Å². The van der Waals surface area contributed by atoms with E-state index >= 15 is 0 Å². The van der Waals surface area contributed by atoms with Crippen LogP contribution in [0.5, 0.6) is 0 Å². The molecule has 0 bridgehead atoms. The highest BCUT2D eigenvalue weighted by Gasteiger charge is 2.48. The summed E-state index contributed by atoms with van der Waals surface area (Å²) >= 11 is 6.19. The van der Waals surface area contributed by atoms with Crippen molar-refractivity contribution >= 4 is 17.7 Å². The SMILES string of the molecule is CCC(OCOC)N(C(=O)O)[C@@H]1C[C@@H]1c1ccccc1Cl. The smallest absolute Gasteiger partial charge is 0.409 e. The molecule has 21 heavy (non-hydrogen) atoms. The number of methoxy groups -OCH3 is 1. The molecule has 1 amide bonds. The van der Waals surface area contributed by atoms with Crippen LogP contribution in [0.4, 0.5) is 4.79 Å². The Morgan fingerprint density at radius 3 is 2.81 bits per heavy atom. The first-order valence-corrected chi connectivity index (χ1v) is 7.34. The van der Waals surface area contributed by atoms with Crippen LogP contribution in [-0.4, -0.2) is 42.3 Å². The van der Waals surface area contributed by atoms with Crippen LogP contribution in [0.15, 0.2) is 24.3 Å². The second kappa shape index (κ2) is 7.11. The molecule has 0 aliphatic heterocycles. The number of hydrogen-bond acceptors (Lipinski definition) is 3.